The molecule has 0 aromatic heterocycles. The van der Waals surface area contributed by atoms with Crippen molar-refractivity contribution in [1.82, 2.24) is 5.32 Å². The first-order valence-corrected chi connectivity index (χ1v) is 14.1. The molecule has 1 amide bonds. The van der Waals surface area contributed by atoms with Crippen LogP contribution in [0.1, 0.15) is 11.1 Å². The lowest BCUT2D eigenvalue weighted by atomic mass is 10.2. The van der Waals surface area contributed by atoms with Crippen LogP contribution in [0.5, 0.6) is 5.75 Å². The van der Waals surface area contributed by atoms with E-state index >= 15 is 0 Å². The normalized spacial score (nSPS) is 11.2. The maximum absolute atomic E-state index is 13.6. The van der Waals surface area contributed by atoms with Crippen molar-refractivity contribution in [3.8, 4) is 5.75 Å². The Labute approximate surface area is 220 Å². The number of methoxy groups -OCH3 is 1. The summed E-state index contributed by atoms with van der Waals surface area (Å²) in [5.74, 6) is 1.26. The van der Waals surface area contributed by atoms with E-state index in [1.54, 1.807) is 36.0 Å². The van der Waals surface area contributed by atoms with Crippen molar-refractivity contribution in [1.29, 1.82) is 0 Å². The number of hydrogen-bond donors (Lipinski definition) is 1. The molecule has 0 saturated heterocycles. The topological polar surface area (TPSA) is 75.7 Å². The second-order valence-electron chi connectivity index (χ2n) is 7.67. The Morgan fingerprint density at radius 2 is 1.74 bits per heavy atom. The van der Waals surface area contributed by atoms with Crippen LogP contribution in [-0.4, -0.2) is 40.3 Å². The van der Waals surface area contributed by atoms with E-state index < -0.39 is 22.5 Å². The third-order valence-corrected chi connectivity index (χ3v) is 8.31. The van der Waals surface area contributed by atoms with Crippen molar-refractivity contribution in [3.63, 3.8) is 0 Å². The number of hydrogen-bond acceptors (Lipinski definition) is 5. The Morgan fingerprint density at radius 3 is 2.43 bits per heavy atom. The number of anilines is 1. The van der Waals surface area contributed by atoms with Crippen molar-refractivity contribution in [2.75, 3.05) is 30.3 Å². The molecular formula is C25H26Cl2N2O4S2. The van der Waals surface area contributed by atoms with Crippen LogP contribution in [0.25, 0.3) is 0 Å². The Balaban J connectivity index is 1.73. The number of benzene rings is 3. The van der Waals surface area contributed by atoms with Crippen LogP contribution in [0.15, 0.2) is 71.6 Å². The summed E-state index contributed by atoms with van der Waals surface area (Å²) in [6.45, 7) is 1.83. The number of nitrogens with one attached hydrogen (secondary N) is 1. The predicted molar refractivity (Wildman–Crippen MR) is 144 cm³/mol. The summed E-state index contributed by atoms with van der Waals surface area (Å²) in [6.07, 6.45) is 0. The zero-order valence-corrected chi connectivity index (χ0v) is 22.5. The van der Waals surface area contributed by atoms with Crippen LogP contribution in [0.2, 0.25) is 10.0 Å². The third-order valence-electron chi connectivity index (χ3n) is 5.03. The van der Waals surface area contributed by atoms with Crippen molar-refractivity contribution in [3.05, 3.63) is 87.9 Å². The number of nitrogens with zero attached hydrogens (tertiary/aromatic N) is 1. The number of carbonyl (C=O) groups excluding carboxylic acids is 1. The summed E-state index contributed by atoms with van der Waals surface area (Å²) < 4.78 is 33.5. The molecule has 0 aliphatic carbocycles. The smallest absolute Gasteiger partial charge is 0.264 e. The number of halogens is 2. The Morgan fingerprint density at radius 1 is 1.03 bits per heavy atom. The molecule has 0 bridgehead atoms. The number of aryl methyl sites for hydroxylation is 1. The van der Waals surface area contributed by atoms with E-state index in [2.05, 4.69) is 5.32 Å². The Hall–Kier alpha value is -2.39. The fraction of sp³-hybridized carbons (Fsp3) is 0.240. The molecule has 0 radical (unpaired) electrons. The van der Waals surface area contributed by atoms with E-state index in [1.807, 2.05) is 31.2 Å². The lowest BCUT2D eigenvalue weighted by Crippen LogP contribution is -2.41. The number of carbonyl (C=O) groups is 1. The highest BCUT2D eigenvalue weighted by atomic mass is 35.5. The molecule has 1 N–H and O–H groups in total. The Kier molecular flexibility index (Phi) is 9.74. The van der Waals surface area contributed by atoms with Crippen LogP contribution >= 0.6 is 35.0 Å². The van der Waals surface area contributed by atoms with Crippen LogP contribution in [0, 0.1) is 6.92 Å². The first-order chi connectivity index (χ1) is 16.7. The SMILES string of the molecule is COc1ccc(Cl)cc1N(CC(=O)NCCSCc1cccc(Cl)c1)S(=O)(=O)c1ccc(C)cc1. The fourth-order valence-corrected chi connectivity index (χ4v) is 5.87. The third kappa shape index (κ3) is 7.54. The molecule has 0 fully saturated rings. The Bertz CT molecular complexity index is 1270. The van der Waals surface area contributed by atoms with Crippen molar-refractivity contribution >= 4 is 56.6 Å². The van der Waals surface area contributed by atoms with E-state index in [4.69, 9.17) is 27.9 Å². The second kappa shape index (κ2) is 12.5. The predicted octanol–water partition coefficient (Wildman–Crippen LogP) is 5.56. The minimum Gasteiger partial charge on any atom is -0.495 e. The lowest BCUT2D eigenvalue weighted by Gasteiger charge is -2.26. The van der Waals surface area contributed by atoms with Gasteiger partial charge in [0.15, 0.2) is 0 Å². The van der Waals surface area contributed by atoms with Crippen molar-refractivity contribution < 1.29 is 17.9 Å². The molecule has 0 aliphatic rings. The van der Waals surface area contributed by atoms with E-state index in [0.717, 1.165) is 21.2 Å². The van der Waals surface area contributed by atoms with E-state index in [-0.39, 0.29) is 16.3 Å². The average molecular weight is 554 g/mol. The van der Waals surface area contributed by atoms with Gasteiger partial charge < -0.3 is 10.1 Å². The molecule has 3 rings (SSSR count). The molecule has 35 heavy (non-hydrogen) atoms. The molecule has 0 heterocycles. The van der Waals surface area contributed by atoms with Gasteiger partial charge in [-0.3, -0.25) is 9.10 Å². The molecule has 186 valence electrons. The standard InChI is InChI=1S/C25H26Cl2N2O4S2/c1-18-6-9-22(10-7-18)35(31,32)29(23-15-21(27)8-11-24(23)33-2)16-25(30)28-12-13-34-17-19-4-3-5-20(26)14-19/h3-11,14-15H,12-13,16-17H2,1-2H3,(H,28,30). The molecule has 0 saturated carbocycles. The fourth-order valence-electron chi connectivity index (χ4n) is 3.26. The average Bonchev–Trinajstić information content (AvgIpc) is 2.82. The number of sulfonamides is 1. The van der Waals surface area contributed by atoms with Gasteiger partial charge in [-0.2, -0.15) is 11.8 Å². The summed E-state index contributed by atoms with van der Waals surface area (Å²) in [5.41, 5.74) is 2.20. The van der Waals surface area contributed by atoms with Crippen LogP contribution in [-0.2, 0) is 20.6 Å². The molecule has 0 spiro atoms. The van der Waals surface area contributed by atoms with Gasteiger partial charge in [0.2, 0.25) is 5.91 Å². The first-order valence-electron chi connectivity index (χ1n) is 10.7. The summed E-state index contributed by atoms with van der Waals surface area (Å²) in [7, 11) is -2.64. The number of thioether (sulfide) groups is 1. The molecule has 3 aromatic carbocycles. The van der Waals surface area contributed by atoms with Gasteiger partial charge >= 0.3 is 0 Å². The zero-order valence-electron chi connectivity index (χ0n) is 19.3. The molecule has 0 unspecified atom stereocenters. The largest absolute Gasteiger partial charge is 0.495 e. The zero-order chi connectivity index (χ0) is 25.4. The van der Waals surface area contributed by atoms with Crippen LogP contribution in [0.4, 0.5) is 5.69 Å². The van der Waals surface area contributed by atoms with Crippen molar-refractivity contribution in [2.24, 2.45) is 0 Å². The van der Waals surface area contributed by atoms with E-state index in [1.165, 1.54) is 25.3 Å². The molecular weight excluding hydrogens is 527 g/mol. The van der Waals surface area contributed by atoms with Gasteiger partial charge in [0.1, 0.15) is 12.3 Å². The van der Waals surface area contributed by atoms with Gasteiger partial charge in [-0.05, 0) is 55.0 Å². The summed E-state index contributed by atoms with van der Waals surface area (Å²) in [6, 6.07) is 18.7. The van der Waals surface area contributed by atoms with Gasteiger partial charge in [0.05, 0.1) is 17.7 Å². The maximum Gasteiger partial charge on any atom is 0.264 e. The van der Waals surface area contributed by atoms with Gasteiger partial charge in [-0.1, -0.05) is 53.0 Å². The molecule has 10 heteroatoms. The highest BCUT2D eigenvalue weighted by Crippen LogP contribution is 2.34. The van der Waals surface area contributed by atoms with Gasteiger partial charge in [-0.15, -0.1) is 0 Å². The van der Waals surface area contributed by atoms with Gasteiger partial charge in [0, 0.05) is 28.1 Å². The van der Waals surface area contributed by atoms with E-state index in [0.29, 0.717) is 22.3 Å². The highest BCUT2D eigenvalue weighted by Gasteiger charge is 2.29. The molecule has 0 atom stereocenters. The molecule has 3 aromatic rings. The monoisotopic (exact) mass is 552 g/mol. The number of ether oxygens (including phenoxy) is 1. The minimum absolute atomic E-state index is 0.0648. The summed E-state index contributed by atoms with van der Waals surface area (Å²) >= 11 is 13.8. The number of rotatable bonds is 11. The summed E-state index contributed by atoms with van der Waals surface area (Å²) in [5, 5.41) is 3.80. The lowest BCUT2D eigenvalue weighted by molar-refractivity contribution is -0.119. The van der Waals surface area contributed by atoms with Crippen LogP contribution < -0.4 is 14.4 Å². The van der Waals surface area contributed by atoms with Gasteiger partial charge in [-0.25, -0.2) is 8.42 Å². The first kappa shape index (κ1) is 27.2. The van der Waals surface area contributed by atoms with Gasteiger partial charge in [0.25, 0.3) is 10.0 Å². The maximum atomic E-state index is 13.6. The van der Waals surface area contributed by atoms with Crippen molar-refractivity contribution in [2.45, 2.75) is 17.6 Å². The second-order valence-corrected chi connectivity index (χ2v) is 11.5. The van der Waals surface area contributed by atoms with Crippen LogP contribution in [0.3, 0.4) is 0 Å². The highest BCUT2D eigenvalue weighted by molar-refractivity contribution is 7.98. The summed E-state index contributed by atoms with van der Waals surface area (Å²) in [4.78, 5) is 12.9. The minimum atomic E-state index is -4.07. The number of amides is 1. The quantitative estimate of drug-likeness (QED) is 0.315. The van der Waals surface area contributed by atoms with E-state index in [9.17, 15) is 13.2 Å². The molecule has 6 nitrogen and oxygen atoms in total. The molecule has 0 aliphatic heterocycles.